The molecule has 0 aliphatic heterocycles. The summed E-state index contributed by atoms with van der Waals surface area (Å²) in [6.07, 6.45) is 0. The van der Waals surface area contributed by atoms with E-state index >= 15 is 0 Å². The first-order chi connectivity index (χ1) is 12.9. The first kappa shape index (κ1) is 20.6. The number of carbonyl (C=O) groups is 1. The molecule has 0 saturated heterocycles. The molecule has 0 aromatic heterocycles. The molecule has 8 heteroatoms. The average molecular weight is 390 g/mol. The van der Waals surface area contributed by atoms with E-state index in [1.54, 1.807) is 38.5 Å². The van der Waals surface area contributed by atoms with Crippen LogP contribution in [0, 0.1) is 10.1 Å². The van der Waals surface area contributed by atoms with Crippen LogP contribution in [0.3, 0.4) is 0 Å². The fourth-order valence-electron chi connectivity index (χ4n) is 2.51. The number of hydrogen-bond donors (Lipinski definition) is 1. The van der Waals surface area contributed by atoms with Crippen LogP contribution in [0.4, 0.5) is 5.69 Å². The Kier molecular flexibility index (Phi) is 7.48. The monoisotopic (exact) mass is 390 g/mol. The molecule has 0 radical (unpaired) electrons. The predicted molar refractivity (Wildman–Crippen MR) is 105 cm³/mol. The Morgan fingerprint density at radius 1 is 1.19 bits per heavy atom. The van der Waals surface area contributed by atoms with E-state index in [1.165, 1.54) is 23.9 Å². The van der Waals surface area contributed by atoms with Crippen molar-refractivity contribution in [3.05, 3.63) is 63.7 Å². The van der Waals surface area contributed by atoms with E-state index < -0.39 is 4.92 Å². The van der Waals surface area contributed by atoms with Gasteiger partial charge in [-0.05, 0) is 30.7 Å². The molecule has 2 aromatic rings. The summed E-state index contributed by atoms with van der Waals surface area (Å²) in [6.45, 7) is 1.89. The smallest absolute Gasteiger partial charge is 0.269 e. The molecule has 0 spiro atoms. The van der Waals surface area contributed by atoms with Crippen LogP contribution < -0.4 is 14.8 Å². The first-order valence-corrected chi connectivity index (χ1v) is 9.42. The summed E-state index contributed by atoms with van der Waals surface area (Å²) >= 11 is 1.45. The van der Waals surface area contributed by atoms with Gasteiger partial charge in [-0.15, -0.1) is 11.8 Å². The quantitative estimate of drug-likeness (QED) is 0.518. The highest BCUT2D eigenvalue weighted by atomic mass is 32.2. The van der Waals surface area contributed by atoms with E-state index in [4.69, 9.17) is 9.47 Å². The van der Waals surface area contributed by atoms with Crippen LogP contribution in [-0.2, 0) is 10.5 Å². The van der Waals surface area contributed by atoms with Gasteiger partial charge in [0.25, 0.3) is 5.69 Å². The summed E-state index contributed by atoms with van der Waals surface area (Å²) in [7, 11) is 3.17. The Morgan fingerprint density at radius 3 is 2.48 bits per heavy atom. The fraction of sp³-hybridized carbons (Fsp3) is 0.316. The number of nitro benzene ring substituents is 1. The second kappa shape index (κ2) is 9.82. The number of non-ortho nitro benzene ring substituents is 1. The van der Waals surface area contributed by atoms with Crippen molar-refractivity contribution in [1.29, 1.82) is 0 Å². The zero-order valence-corrected chi connectivity index (χ0v) is 16.2. The van der Waals surface area contributed by atoms with Crippen molar-refractivity contribution >= 4 is 23.4 Å². The Balaban J connectivity index is 1.87. The van der Waals surface area contributed by atoms with E-state index in [1.807, 2.05) is 13.0 Å². The lowest BCUT2D eigenvalue weighted by Crippen LogP contribution is -2.28. The summed E-state index contributed by atoms with van der Waals surface area (Å²) in [5.74, 6) is 2.16. The zero-order chi connectivity index (χ0) is 19.8. The largest absolute Gasteiger partial charge is 0.497 e. The van der Waals surface area contributed by atoms with E-state index in [0.29, 0.717) is 17.3 Å². The van der Waals surface area contributed by atoms with Crippen LogP contribution in [-0.4, -0.2) is 30.8 Å². The summed E-state index contributed by atoms with van der Waals surface area (Å²) in [4.78, 5) is 22.4. The maximum absolute atomic E-state index is 12.2. The minimum absolute atomic E-state index is 0.0579. The van der Waals surface area contributed by atoms with Crippen molar-refractivity contribution in [3.63, 3.8) is 0 Å². The molecule has 0 aliphatic rings. The molecule has 1 N–H and O–H groups in total. The van der Waals surface area contributed by atoms with Crippen LogP contribution in [0.1, 0.15) is 24.1 Å². The van der Waals surface area contributed by atoms with Crippen LogP contribution in [0.25, 0.3) is 0 Å². The summed E-state index contributed by atoms with van der Waals surface area (Å²) in [6, 6.07) is 11.5. The first-order valence-electron chi connectivity index (χ1n) is 8.27. The molecule has 2 aromatic carbocycles. The lowest BCUT2D eigenvalue weighted by atomic mass is 10.1. The van der Waals surface area contributed by atoms with Crippen molar-refractivity contribution in [2.75, 3.05) is 20.0 Å². The van der Waals surface area contributed by atoms with Gasteiger partial charge in [0.1, 0.15) is 11.5 Å². The van der Waals surface area contributed by atoms with Crippen molar-refractivity contribution in [3.8, 4) is 11.5 Å². The number of nitrogens with one attached hydrogen (secondary N) is 1. The highest BCUT2D eigenvalue weighted by molar-refractivity contribution is 7.99. The number of hydrogen-bond acceptors (Lipinski definition) is 6. The van der Waals surface area contributed by atoms with Crippen LogP contribution in [0.15, 0.2) is 42.5 Å². The summed E-state index contributed by atoms with van der Waals surface area (Å²) < 4.78 is 10.6. The van der Waals surface area contributed by atoms with Crippen molar-refractivity contribution in [1.82, 2.24) is 5.32 Å². The third-order valence-corrected chi connectivity index (χ3v) is 4.93. The minimum atomic E-state index is -0.432. The summed E-state index contributed by atoms with van der Waals surface area (Å²) in [5, 5.41) is 13.6. The third kappa shape index (κ3) is 5.89. The summed E-state index contributed by atoms with van der Waals surface area (Å²) in [5.41, 5.74) is 1.83. The Labute approximate surface area is 162 Å². The predicted octanol–water partition coefficient (Wildman–Crippen LogP) is 3.72. The van der Waals surface area contributed by atoms with Crippen molar-refractivity contribution < 1.29 is 19.2 Å². The maximum atomic E-state index is 12.2. The van der Waals surface area contributed by atoms with Gasteiger partial charge in [0.05, 0.1) is 30.9 Å². The second-order valence-corrected chi connectivity index (χ2v) is 6.80. The number of nitro groups is 1. The van der Waals surface area contributed by atoms with E-state index in [9.17, 15) is 14.9 Å². The van der Waals surface area contributed by atoms with Gasteiger partial charge < -0.3 is 14.8 Å². The van der Waals surface area contributed by atoms with Gasteiger partial charge in [-0.1, -0.05) is 12.1 Å². The number of benzene rings is 2. The minimum Gasteiger partial charge on any atom is -0.497 e. The van der Waals surface area contributed by atoms with E-state index in [2.05, 4.69) is 5.32 Å². The highest BCUT2D eigenvalue weighted by Crippen LogP contribution is 2.29. The van der Waals surface area contributed by atoms with Gasteiger partial charge >= 0.3 is 0 Å². The van der Waals surface area contributed by atoms with E-state index in [0.717, 1.165) is 11.1 Å². The van der Waals surface area contributed by atoms with Gasteiger partial charge in [0, 0.05) is 23.4 Å². The van der Waals surface area contributed by atoms with Gasteiger partial charge in [-0.3, -0.25) is 14.9 Å². The number of rotatable bonds is 9. The van der Waals surface area contributed by atoms with Crippen LogP contribution in [0.2, 0.25) is 0 Å². The molecule has 0 fully saturated rings. The molecule has 1 atom stereocenters. The van der Waals surface area contributed by atoms with Crippen molar-refractivity contribution in [2.45, 2.75) is 18.7 Å². The molecular formula is C19H22N2O5S. The van der Waals surface area contributed by atoms with Crippen LogP contribution in [0.5, 0.6) is 11.5 Å². The maximum Gasteiger partial charge on any atom is 0.269 e. The molecule has 0 heterocycles. The number of carbonyl (C=O) groups excluding carboxylic acids is 1. The molecular weight excluding hydrogens is 368 g/mol. The van der Waals surface area contributed by atoms with Crippen LogP contribution >= 0.6 is 11.8 Å². The van der Waals surface area contributed by atoms with Gasteiger partial charge in [-0.2, -0.15) is 0 Å². The number of thioether (sulfide) groups is 1. The molecule has 1 amide bonds. The Bertz CT molecular complexity index is 795. The molecule has 0 saturated carbocycles. The molecule has 27 heavy (non-hydrogen) atoms. The number of ether oxygens (including phenoxy) is 2. The second-order valence-electron chi connectivity index (χ2n) is 5.81. The van der Waals surface area contributed by atoms with E-state index in [-0.39, 0.29) is 23.4 Å². The number of amides is 1. The SMILES string of the molecule is COc1ccc(OC)c(C(C)NC(=O)CSCc2ccc([N+](=O)[O-])cc2)c1. The molecule has 1 unspecified atom stereocenters. The molecule has 7 nitrogen and oxygen atoms in total. The van der Waals surface area contributed by atoms with Gasteiger partial charge in [0.2, 0.25) is 5.91 Å². The average Bonchev–Trinajstić information content (AvgIpc) is 2.67. The number of methoxy groups -OCH3 is 2. The van der Waals surface area contributed by atoms with Crippen molar-refractivity contribution in [2.24, 2.45) is 0 Å². The molecule has 144 valence electrons. The molecule has 0 bridgehead atoms. The zero-order valence-electron chi connectivity index (χ0n) is 15.4. The molecule has 0 aliphatic carbocycles. The van der Waals surface area contributed by atoms with Gasteiger partial charge in [-0.25, -0.2) is 0 Å². The topological polar surface area (TPSA) is 90.7 Å². The lowest BCUT2D eigenvalue weighted by molar-refractivity contribution is -0.384. The fourth-order valence-corrected chi connectivity index (χ4v) is 3.31. The molecule has 2 rings (SSSR count). The Morgan fingerprint density at radius 2 is 1.89 bits per heavy atom. The van der Waals surface area contributed by atoms with Gasteiger partial charge in [0.15, 0.2) is 0 Å². The standard InChI is InChI=1S/C19H22N2O5S/c1-13(17-10-16(25-2)8-9-18(17)26-3)20-19(22)12-27-11-14-4-6-15(7-5-14)21(23)24/h4-10,13H,11-12H2,1-3H3,(H,20,22). The lowest BCUT2D eigenvalue weighted by Gasteiger charge is -2.18. The number of nitrogens with zero attached hydrogens (tertiary/aromatic N) is 1. The normalized spacial score (nSPS) is 11.5. The Hall–Kier alpha value is -2.74. The third-order valence-electron chi connectivity index (χ3n) is 3.93. The highest BCUT2D eigenvalue weighted by Gasteiger charge is 2.15.